The minimum absolute atomic E-state index is 0.108. The number of benzene rings is 4. The number of fused-ring (bicyclic) bond motifs is 2. The third kappa shape index (κ3) is 6.97. The molecule has 0 bridgehead atoms. The van der Waals surface area contributed by atoms with Gasteiger partial charge in [0.15, 0.2) is 11.5 Å². The highest BCUT2D eigenvalue weighted by atomic mass is 19.1. The van der Waals surface area contributed by atoms with E-state index in [2.05, 4.69) is 32.7 Å². The highest BCUT2D eigenvalue weighted by Crippen LogP contribution is 2.40. The molecule has 0 saturated carbocycles. The highest BCUT2D eigenvalue weighted by Gasteiger charge is 2.29. The second-order valence-corrected chi connectivity index (χ2v) is 11.7. The zero-order chi connectivity index (χ0) is 32.0. The molecule has 0 radical (unpaired) electrons. The lowest BCUT2D eigenvalue weighted by Crippen LogP contribution is -2.41. The van der Waals surface area contributed by atoms with Gasteiger partial charge < -0.3 is 20.1 Å². The third-order valence-corrected chi connectivity index (χ3v) is 8.67. The molecule has 46 heavy (non-hydrogen) atoms. The number of hydrogen-bond donors (Lipinski definition) is 2. The Kier molecular flexibility index (Phi) is 9.45. The third-order valence-electron chi connectivity index (χ3n) is 8.67. The first-order chi connectivity index (χ1) is 22.4. The number of nitrogens with zero attached hydrogens (tertiary/aromatic N) is 2. The molecule has 1 aliphatic rings. The molecule has 1 unspecified atom stereocenters. The van der Waals surface area contributed by atoms with Crippen molar-refractivity contribution in [2.45, 2.75) is 32.2 Å². The largest absolute Gasteiger partial charge is 0.493 e. The topological polar surface area (TPSA) is 75.7 Å². The van der Waals surface area contributed by atoms with Gasteiger partial charge in [-0.1, -0.05) is 36.4 Å². The van der Waals surface area contributed by atoms with E-state index >= 15 is 0 Å². The van der Waals surface area contributed by atoms with Crippen LogP contribution in [-0.4, -0.2) is 49.6 Å². The molecular weight excluding hydrogens is 579 g/mol. The lowest BCUT2D eigenvalue weighted by Gasteiger charge is -2.38. The van der Waals surface area contributed by atoms with Crippen molar-refractivity contribution in [1.29, 1.82) is 0 Å². The Morgan fingerprint density at radius 3 is 2.54 bits per heavy atom. The maximum Gasteiger partial charge on any atom is 0.251 e. The summed E-state index contributed by atoms with van der Waals surface area (Å²) < 4.78 is 24.8. The van der Waals surface area contributed by atoms with Gasteiger partial charge in [0.1, 0.15) is 5.82 Å². The first-order valence-corrected chi connectivity index (χ1v) is 15.7. The van der Waals surface area contributed by atoms with Gasteiger partial charge in [0.2, 0.25) is 0 Å². The summed E-state index contributed by atoms with van der Waals surface area (Å²) in [4.78, 5) is 20.4. The molecule has 1 aliphatic heterocycles. The second kappa shape index (κ2) is 14.0. The van der Waals surface area contributed by atoms with Gasteiger partial charge in [0, 0.05) is 53.7 Å². The molecule has 0 saturated heterocycles. The molecule has 8 heteroatoms. The van der Waals surface area contributed by atoms with Crippen molar-refractivity contribution >= 4 is 28.2 Å². The van der Waals surface area contributed by atoms with E-state index in [0.717, 1.165) is 65.1 Å². The molecule has 5 aromatic rings. The Labute approximate surface area is 269 Å². The average molecular weight is 619 g/mol. The van der Waals surface area contributed by atoms with Gasteiger partial charge in [-0.05, 0) is 97.5 Å². The van der Waals surface area contributed by atoms with Crippen LogP contribution in [-0.2, 0) is 12.8 Å². The van der Waals surface area contributed by atoms with E-state index in [1.54, 1.807) is 14.2 Å². The van der Waals surface area contributed by atoms with Crippen molar-refractivity contribution in [3.05, 3.63) is 125 Å². The number of ether oxygens (including phenoxy) is 2. The van der Waals surface area contributed by atoms with E-state index in [9.17, 15) is 9.18 Å². The molecule has 2 N–H and O–H groups in total. The molecule has 0 spiro atoms. The van der Waals surface area contributed by atoms with Crippen LogP contribution >= 0.6 is 0 Å². The number of halogens is 1. The number of aryl methyl sites for hydroxylation is 2. The van der Waals surface area contributed by atoms with E-state index < -0.39 is 0 Å². The number of amides is 1. The number of pyridine rings is 1. The van der Waals surface area contributed by atoms with Crippen molar-refractivity contribution in [3.63, 3.8) is 0 Å². The fraction of sp³-hybridized carbons (Fsp3) is 0.263. The molecule has 7 nitrogen and oxygen atoms in total. The molecule has 0 fully saturated rings. The Bertz CT molecular complexity index is 1840. The number of rotatable bonds is 11. The molecule has 1 atom stereocenters. The van der Waals surface area contributed by atoms with Crippen LogP contribution in [0.3, 0.4) is 0 Å². The summed E-state index contributed by atoms with van der Waals surface area (Å²) in [6, 6.07) is 28.6. The number of anilines is 2. The fourth-order valence-electron chi connectivity index (χ4n) is 6.36. The van der Waals surface area contributed by atoms with Crippen LogP contribution in [0.1, 0.15) is 45.2 Å². The number of nitrogens with one attached hydrogen (secondary N) is 2. The summed E-state index contributed by atoms with van der Waals surface area (Å²) in [5, 5.41) is 7.65. The molecule has 4 aromatic carbocycles. The number of carbonyl (C=O) groups excluding carboxylic acids is 1. The maximum absolute atomic E-state index is 13.5. The highest BCUT2D eigenvalue weighted by molar-refractivity contribution is 5.96. The first kappa shape index (κ1) is 31.0. The van der Waals surface area contributed by atoms with E-state index in [0.29, 0.717) is 24.4 Å². The molecule has 2 heterocycles. The van der Waals surface area contributed by atoms with Crippen molar-refractivity contribution < 1.29 is 18.7 Å². The van der Waals surface area contributed by atoms with Crippen LogP contribution in [0.5, 0.6) is 11.5 Å². The van der Waals surface area contributed by atoms with Gasteiger partial charge in [-0.15, -0.1) is 0 Å². The summed E-state index contributed by atoms with van der Waals surface area (Å²) >= 11 is 0. The lowest BCUT2D eigenvalue weighted by molar-refractivity contribution is 0.0940. The average Bonchev–Trinajstić information content (AvgIpc) is 3.07. The van der Waals surface area contributed by atoms with Crippen LogP contribution in [0.4, 0.5) is 15.8 Å². The van der Waals surface area contributed by atoms with Crippen molar-refractivity contribution in [1.82, 2.24) is 15.2 Å². The normalized spacial score (nSPS) is 14.5. The summed E-state index contributed by atoms with van der Waals surface area (Å²) in [6.07, 6.45) is 2.51. The van der Waals surface area contributed by atoms with Gasteiger partial charge >= 0.3 is 0 Å². The summed E-state index contributed by atoms with van der Waals surface area (Å²) in [5.74, 6) is 1.07. The molecule has 6 rings (SSSR count). The monoisotopic (exact) mass is 618 g/mol. The fourth-order valence-corrected chi connectivity index (χ4v) is 6.36. The van der Waals surface area contributed by atoms with Gasteiger partial charge in [-0.3, -0.25) is 14.7 Å². The predicted octanol–water partition coefficient (Wildman–Crippen LogP) is 7.41. The summed E-state index contributed by atoms with van der Waals surface area (Å²) in [7, 11) is 3.31. The van der Waals surface area contributed by atoms with Gasteiger partial charge in [0.05, 0.1) is 19.7 Å². The van der Waals surface area contributed by atoms with Gasteiger partial charge in [-0.25, -0.2) is 4.39 Å². The van der Waals surface area contributed by atoms with Crippen LogP contribution in [0.2, 0.25) is 0 Å². The van der Waals surface area contributed by atoms with Crippen LogP contribution in [0.25, 0.3) is 10.9 Å². The molecule has 0 aliphatic carbocycles. The van der Waals surface area contributed by atoms with Crippen LogP contribution < -0.4 is 20.1 Å². The Morgan fingerprint density at radius 2 is 1.74 bits per heavy atom. The second-order valence-electron chi connectivity index (χ2n) is 11.7. The number of aromatic nitrogens is 1. The van der Waals surface area contributed by atoms with Gasteiger partial charge in [0.25, 0.3) is 5.91 Å². The lowest BCUT2D eigenvalue weighted by atomic mass is 9.88. The molecule has 1 aromatic heterocycles. The zero-order valence-electron chi connectivity index (χ0n) is 26.5. The van der Waals surface area contributed by atoms with Crippen LogP contribution in [0, 0.1) is 12.7 Å². The Hall–Kier alpha value is -4.95. The quantitative estimate of drug-likeness (QED) is 0.161. The molecule has 236 valence electrons. The van der Waals surface area contributed by atoms with E-state index in [4.69, 9.17) is 9.47 Å². The minimum atomic E-state index is -0.233. The van der Waals surface area contributed by atoms with Crippen molar-refractivity contribution in [2.24, 2.45) is 0 Å². The van der Waals surface area contributed by atoms with E-state index in [-0.39, 0.29) is 17.8 Å². The SMILES string of the molecule is COc1cc2c(cc1OC)C(CCc1ccc(F)cc1)N(CCNC(=O)c1cccc(Nc3cc(C)nc4ccccc34)c1)CC2. The Balaban J connectivity index is 1.14. The zero-order valence-corrected chi connectivity index (χ0v) is 26.5. The number of carbonyl (C=O) groups is 1. The minimum Gasteiger partial charge on any atom is -0.493 e. The maximum atomic E-state index is 13.5. The summed E-state index contributed by atoms with van der Waals surface area (Å²) in [5.41, 5.74) is 7.75. The number of methoxy groups -OCH3 is 2. The van der Waals surface area contributed by atoms with Crippen molar-refractivity contribution in [3.8, 4) is 11.5 Å². The van der Waals surface area contributed by atoms with Crippen molar-refractivity contribution in [2.75, 3.05) is 39.2 Å². The van der Waals surface area contributed by atoms with E-state index in [1.165, 1.54) is 23.3 Å². The number of para-hydroxylation sites is 1. The first-order valence-electron chi connectivity index (χ1n) is 15.7. The predicted molar refractivity (Wildman–Crippen MR) is 181 cm³/mol. The smallest absolute Gasteiger partial charge is 0.251 e. The van der Waals surface area contributed by atoms with Gasteiger partial charge in [-0.2, -0.15) is 0 Å². The van der Waals surface area contributed by atoms with E-state index in [1.807, 2.05) is 73.7 Å². The summed E-state index contributed by atoms with van der Waals surface area (Å²) in [6.45, 7) is 4.02. The number of hydrogen-bond acceptors (Lipinski definition) is 6. The molecule has 1 amide bonds. The van der Waals surface area contributed by atoms with Crippen LogP contribution in [0.15, 0.2) is 91.0 Å². The Morgan fingerprint density at radius 1 is 0.957 bits per heavy atom. The standard InChI is InChI=1S/C38H39FN4O3/c1-25-21-34(31-9-4-5-10-33(31)41-25)42-30-8-6-7-28(22-30)38(44)40-18-20-43-19-17-27-23-36(45-2)37(46-3)24-32(27)35(43)16-13-26-11-14-29(39)15-12-26/h4-12,14-15,21-24,35H,13,16-20H2,1-3H3,(H,40,44)(H,41,42). The molecular formula is C38H39FN4O3.